The van der Waals surface area contributed by atoms with Crippen molar-refractivity contribution in [2.24, 2.45) is 11.7 Å². The van der Waals surface area contributed by atoms with E-state index in [4.69, 9.17) is 5.73 Å². The highest BCUT2D eigenvalue weighted by atomic mass is 16.2. The Labute approximate surface area is 83.1 Å². The number of aromatic nitrogens is 2. The van der Waals surface area contributed by atoms with Gasteiger partial charge in [-0.3, -0.25) is 9.89 Å². The lowest BCUT2D eigenvalue weighted by Gasteiger charge is -2.14. The van der Waals surface area contributed by atoms with E-state index in [2.05, 4.69) is 15.5 Å². The van der Waals surface area contributed by atoms with Crippen molar-refractivity contribution in [2.45, 2.75) is 26.8 Å². The number of hydrogen-bond acceptors (Lipinski definition) is 3. The van der Waals surface area contributed by atoms with Crippen LogP contribution < -0.4 is 11.1 Å². The van der Waals surface area contributed by atoms with Crippen molar-refractivity contribution in [3.05, 3.63) is 11.8 Å². The minimum Gasteiger partial charge on any atom is -0.320 e. The normalized spacial score (nSPS) is 12.9. The molecule has 1 aromatic heterocycles. The number of aryl methyl sites for hydroxylation is 1. The van der Waals surface area contributed by atoms with Gasteiger partial charge in [0, 0.05) is 5.56 Å². The Morgan fingerprint density at radius 2 is 2.29 bits per heavy atom. The quantitative estimate of drug-likeness (QED) is 0.663. The van der Waals surface area contributed by atoms with Crippen molar-refractivity contribution >= 4 is 11.7 Å². The predicted octanol–water partition coefficient (Wildman–Crippen LogP) is 0.640. The summed E-state index contributed by atoms with van der Waals surface area (Å²) in [6, 6.07) is -0.488. The van der Waals surface area contributed by atoms with Crippen LogP contribution in [0.5, 0.6) is 0 Å². The van der Waals surface area contributed by atoms with E-state index < -0.39 is 6.04 Å². The van der Waals surface area contributed by atoms with Gasteiger partial charge in [-0.2, -0.15) is 5.10 Å². The molecule has 0 fully saturated rings. The summed E-state index contributed by atoms with van der Waals surface area (Å²) in [4.78, 5) is 11.5. The minimum atomic E-state index is -0.488. The molecular formula is C9H16N4O. The van der Waals surface area contributed by atoms with E-state index in [-0.39, 0.29) is 11.8 Å². The zero-order chi connectivity index (χ0) is 10.7. The van der Waals surface area contributed by atoms with Gasteiger partial charge >= 0.3 is 0 Å². The number of H-pyrrole nitrogens is 1. The van der Waals surface area contributed by atoms with Gasteiger partial charge in [-0.15, -0.1) is 0 Å². The number of aromatic amines is 1. The van der Waals surface area contributed by atoms with Gasteiger partial charge in [-0.25, -0.2) is 0 Å². The lowest BCUT2D eigenvalue weighted by Crippen LogP contribution is -2.39. The third kappa shape index (κ3) is 2.32. The van der Waals surface area contributed by atoms with Crippen LogP contribution in [0.2, 0.25) is 0 Å². The fourth-order valence-corrected chi connectivity index (χ4v) is 0.982. The molecule has 0 saturated heterocycles. The maximum Gasteiger partial charge on any atom is 0.242 e. The molecule has 78 valence electrons. The lowest BCUT2D eigenvalue weighted by atomic mass is 10.1. The van der Waals surface area contributed by atoms with Gasteiger partial charge in [-0.05, 0) is 12.8 Å². The maximum atomic E-state index is 11.5. The topological polar surface area (TPSA) is 83.8 Å². The zero-order valence-corrected chi connectivity index (χ0v) is 8.66. The van der Waals surface area contributed by atoms with Gasteiger partial charge in [0.2, 0.25) is 5.91 Å². The molecule has 0 bridgehead atoms. The highest BCUT2D eigenvalue weighted by Gasteiger charge is 2.18. The number of nitrogens with zero attached hydrogens (tertiary/aromatic N) is 1. The van der Waals surface area contributed by atoms with Gasteiger partial charge in [-0.1, -0.05) is 13.8 Å². The molecule has 5 nitrogen and oxygen atoms in total. The highest BCUT2D eigenvalue weighted by Crippen LogP contribution is 2.09. The largest absolute Gasteiger partial charge is 0.320 e. The number of hydrogen-bond donors (Lipinski definition) is 3. The standard InChI is InChI=1S/C9H16N4O/c1-5(2)7(10)9(14)12-8-6(3)4-11-13-8/h4-5,7H,10H2,1-3H3,(H2,11,12,13,14). The number of nitrogens with two attached hydrogens (primary N) is 1. The molecule has 0 aliphatic heterocycles. The second-order valence-corrected chi connectivity index (χ2v) is 3.69. The van der Waals surface area contributed by atoms with Gasteiger partial charge in [0.15, 0.2) is 0 Å². The number of carbonyl (C=O) groups is 1. The molecule has 1 heterocycles. The number of carbonyl (C=O) groups excluding carboxylic acids is 1. The summed E-state index contributed by atoms with van der Waals surface area (Å²) in [5.41, 5.74) is 6.58. The van der Waals surface area contributed by atoms with Crippen molar-refractivity contribution in [1.82, 2.24) is 10.2 Å². The Morgan fingerprint density at radius 3 is 2.71 bits per heavy atom. The summed E-state index contributed by atoms with van der Waals surface area (Å²) in [6.07, 6.45) is 1.65. The fourth-order valence-electron chi connectivity index (χ4n) is 0.982. The van der Waals surface area contributed by atoms with Gasteiger partial charge in [0.05, 0.1) is 12.2 Å². The van der Waals surface area contributed by atoms with Crippen LogP contribution in [-0.4, -0.2) is 22.1 Å². The minimum absolute atomic E-state index is 0.123. The molecule has 14 heavy (non-hydrogen) atoms. The number of amides is 1. The van der Waals surface area contributed by atoms with E-state index in [0.717, 1.165) is 5.56 Å². The molecule has 5 heteroatoms. The van der Waals surface area contributed by atoms with E-state index in [1.165, 1.54) is 0 Å². The van der Waals surface area contributed by atoms with Crippen LogP contribution in [0.4, 0.5) is 5.82 Å². The lowest BCUT2D eigenvalue weighted by molar-refractivity contribution is -0.118. The zero-order valence-electron chi connectivity index (χ0n) is 8.66. The Bertz CT molecular complexity index is 318. The van der Waals surface area contributed by atoms with Crippen LogP contribution in [0, 0.1) is 12.8 Å². The summed E-state index contributed by atoms with van der Waals surface area (Å²) in [5, 5.41) is 9.18. The van der Waals surface area contributed by atoms with Crippen molar-refractivity contribution < 1.29 is 4.79 Å². The first kappa shape index (κ1) is 10.7. The molecule has 0 radical (unpaired) electrons. The maximum absolute atomic E-state index is 11.5. The van der Waals surface area contributed by atoms with Crippen LogP contribution >= 0.6 is 0 Å². The van der Waals surface area contributed by atoms with E-state index in [9.17, 15) is 4.79 Å². The Balaban J connectivity index is 2.62. The fraction of sp³-hybridized carbons (Fsp3) is 0.556. The Kier molecular flexibility index (Phi) is 3.24. The first-order chi connectivity index (χ1) is 6.52. The SMILES string of the molecule is Cc1cn[nH]c1NC(=O)C(N)C(C)C. The van der Waals surface area contributed by atoms with Crippen LogP contribution in [0.3, 0.4) is 0 Å². The number of rotatable bonds is 3. The third-order valence-electron chi connectivity index (χ3n) is 2.10. The third-order valence-corrected chi connectivity index (χ3v) is 2.10. The number of nitrogens with one attached hydrogen (secondary N) is 2. The molecule has 1 unspecified atom stereocenters. The number of anilines is 1. The van der Waals surface area contributed by atoms with E-state index in [0.29, 0.717) is 5.82 Å². The van der Waals surface area contributed by atoms with Crippen molar-refractivity contribution in [2.75, 3.05) is 5.32 Å². The summed E-state index contributed by atoms with van der Waals surface area (Å²) < 4.78 is 0. The van der Waals surface area contributed by atoms with Crippen LogP contribution in [-0.2, 0) is 4.79 Å². The summed E-state index contributed by atoms with van der Waals surface area (Å²) >= 11 is 0. The smallest absolute Gasteiger partial charge is 0.242 e. The van der Waals surface area contributed by atoms with Gasteiger partial charge in [0.1, 0.15) is 5.82 Å². The van der Waals surface area contributed by atoms with Crippen LogP contribution in [0.25, 0.3) is 0 Å². The molecule has 1 amide bonds. The molecule has 1 rings (SSSR count). The first-order valence-electron chi connectivity index (χ1n) is 4.58. The molecule has 0 spiro atoms. The molecule has 0 aromatic carbocycles. The molecule has 1 atom stereocenters. The Morgan fingerprint density at radius 1 is 1.64 bits per heavy atom. The van der Waals surface area contributed by atoms with E-state index in [1.54, 1.807) is 6.20 Å². The summed E-state index contributed by atoms with van der Waals surface area (Å²) in [7, 11) is 0. The summed E-state index contributed by atoms with van der Waals surface area (Å²) in [5.74, 6) is 0.552. The predicted molar refractivity (Wildman–Crippen MR) is 54.8 cm³/mol. The van der Waals surface area contributed by atoms with Gasteiger partial charge in [0.25, 0.3) is 0 Å². The average Bonchev–Trinajstić information content (AvgIpc) is 2.50. The van der Waals surface area contributed by atoms with E-state index >= 15 is 0 Å². The van der Waals surface area contributed by atoms with Crippen LogP contribution in [0.15, 0.2) is 6.20 Å². The van der Waals surface area contributed by atoms with Crippen molar-refractivity contribution in [3.63, 3.8) is 0 Å². The monoisotopic (exact) mass is 196 g/mol. The average molecular weight is 196 g/mol. The highest BCUT2D eigenvalue weighted by molar-refractivity contribution is 5.94. The molecule has 4 N–H and O–H groups in total. The van der Waals surface area contributed by atoms with Crippen molar-refractivity contribution in [3.8, 4) is 0 Å². The van der Waals surface area contributed by atoms with Crippen LogP contribution in [0.1, 0.15) is 19.4 Å². The second-order valence-electron chi connectivity index (χ2n) is 3.69. The van der Waals surface area contributed by atoms with Gasteiger partial charge < -0.3 is 11.1 Å². The second kappa shape index (κ2) is 4.23. The summed E-state index contributed by atoms with van der Waals surface area (Å²) in [6.45, 7) is 5.67. The Hall–Kier alpha value is -1.36. The van der Waals surface area contributed by atoms with E-state index in [1.807, 2.05) is 20.8 Å². The molecule has 0 aliphatic carbocycles. The molecule has 0 saturated carbocycles. The molecule has 0 aliphatic rings. The first-order valence-corrected chi connectivity index (χ1v) is 4.58. The van der Waals surface area contributed by atoms with Crippen molar-refractivity contribution in [1.29, 1.82) is 0 Å². The molecular weight excluding hydrogens is 180 g/mol. The molecule has 1 aromatic rings.